The summed E-state index contributed by atoms with van der Waals surface area (Å²) < 4.78 is 0. The number of nitrogens with two attached hydrogens (primary N) is 1. The van der Waals surface area contributed by atoms with Crippen LogP contribution >= 0.6 is 0 Å². The number of hydrogen-bond acceptors (Lipinski definition) is 1. The van der Waals surface area contributed by atoms with Gasteiger partial charge < -0.3 is 5.73 Å². The van der Waals surface area contributed by atoms with Gasteiger partial charge in [0, 0.05) is 6.04 Å². The summed E-state index contributed by atoms with van der Waals surface area (Å²) in [5, 5.41) is 0. The Bertz CT molecular complexity index is 344. The molecule has 2 rings (SSSR count). The highest BCUT2D eigenvalue weighted by molar-refractivity contribution is 5.34. The van der Waals surface area contributed by atoms with E-state index in [4.69, 9.17) is 5.73 Å². The lowest BCUT2D eigenvalue weighted by atomic mass is 9.91. The Morgan fingerprint density at radius 2 is 1.76 bits per heavy atom. The van der Waals surface area contributed by atoms with E-state index in [-0.39, 0.29) is 0 Å². The lowest BCUT2D eigenvalue weighted by Gasteiger charge is -2.18. The summed E-state index contributed by atoms with van der Waals surface area (Å²) in [6, 6.07) is 6.88. The summed E-state index contributed by atoms with van der Waals surface area (Å²) in [6.45, 7) is 4.40. The van der Waals surface area contributed by atoms with Crippen LogP contribution in [0, 0.1) is 19.8 Å². The highest BCUT2D eigenvalue weighted by Gasteiger charge is 2.18. The molecule has 0 aromatic heterocycles. The molecule has 0 amide bonds. The van der Waals surface area contributed by atoms with Gasteiger partial charge in [-0.25, -0.2) is 0 Å². The molecule has 94 valence electrons. The summed E-state index contributed by atoms with van der Waals surface area (Å²) in [5.74, 6) is 0.898. The Kier molecular flexibility index (Phi) is 4.22. The fourth-order valence-electron chi connectivity index (χ4n) is 3.19. The Morgan fingerprint density at radius 3 is 2.35 bits per heavy atom. The van der Waals surface area contributed by atoms with Crippen molar-refractivity contribution in [2.45, 2.75) is 58.4 Å². The maximum absolute atomic E-state index is 6.32. The van der Waals surface area contributed by atoms with Gasteiger partial charge in [-0.15, -0.1) is 0 Å². The molecule has 0 heterocycles. The summed E-state index contributed by atoms with van der Waals surface area (Å²) in [7, 11) is 0. The van der Waals surface area contributed by atoms with Crippen molar-refractivity contribution in [2.75, 3.05) is 0 Å². The minimum Gasteiger partial charge on any atom is -0.327 e. The molecule has 1 nitrogen and oxygen atoms in total. The standard InChI is InChI=1S/C16H25N/c1-12-6-5-7-13(2)16(12)11-15(17)10-14-8-3-4-9-14/h5-7,14-15H,3-4,8-11,17H2,1-2H3. The molecule has 1 fully saturated rings. The minimum atomic E-state index is 0.345. The van der Waals surface area contributed by atoms with Crippen molar-refractivity contribution >= 4 is 0 Å². The maximum atomic E-state index is 6.32. The van der Waals surface area contributed by atoms with Crippen molar-refractivity contribution in [1.29, 1.82) is 0 Å². The van der Waals surface area contributed by atoms with Gasteiger partial charge in [-0.1, -0.05) is 43.9 Å². The topological polar surface area (TPSA) is 26.0 Å². The molecule has 1 atom stereocenters. The first-order valence-corrected chi connectivity index (χ1v) is 6.97. The smallest absolute Gasteiger partial charge is 0.00821 e. The van der Waals surface area contributed by atoms with E-state index in [1.165, 1.54) is 48.8 Å². The van der Waals surface area contributed by atoms with Crippen LogP contribution in [0.2, 0.25) is 0 Å². The first kappa shape index (κ1) is 12.6. The van der Waals surface area contributed by atoms with Gasteiger partial charge >= 0.3 is 0 Å². The van der Waals surface area contributed by atoms with Crippen LogP contribution in [-0.4, -0.2) is 6.04 Å². The fraction of sp³-hybridized carbons (Fsp3) is 0.625. The minimum absolute atomic E-state index is 0.345. The Hall–Kier alpha value is -0.820. The fourth-order valence-corrected chi connectivity index (χ4v) is 3.19. The number of rotatable bonds is 4. The van der Waals surface area contributed by atoms with E-state index in [1.54, 1.807) is 0 Å². The van der Waals surface area contributed by atoms with Crippen molar-refractivity contribution in [3.8, 4) is 0 Å². The van der Waals surface area contributed by atoms with Gasteiger partial charge in [0.2, 0.25) is 0 Å². The van der Waals surface area contributed by atoms with Gasteiger partial charge in [-0.2, -0.15) is 0 Å². The summed E-state index contributed by atoms with van der Waals surface area (Å²) in [5.41, 5.74) is 10.6. The van der Waals surface area contributed by atoms with Crippen LogP contribution in [0.25, 0.3) is 0 Å². The molecule has 2 N–H and O–H groups in total. The number of hydrogen-bond donors (Lipinski definition) is 1. The lowest BCUT2D eigenvalue weighted by Crippen LogP contribution is -2.26. The van der Waals surface area contributed by atoms with Crippen molar-refractivity contribution in [2.24, 2.45) is 11.7 Å². The van der Waals surface area contributed by atoms with E-state index in [0.29, 0.717) is 6.04 Å². The van der Waals surface area contributed by atoms with Crippen LogP contribution in [0.1, 0.15) is 48.8 Å². The van der Waals surface area contributed by atoms with E-state index >= 15 is 0 Å². The van der Waals surface area contributed by atoms with E-state index in [1.807, 2.05) is 0 Å². The van der Waals surface area contributed by atoms with Crippen LogP contribution in [-0.2, 0) is 6.42 Å². The van der Waals surface area contributed by atoms with Gasteiger partial charge in [-0.05, 0) is 49.3 Å². The predicted octanol–water partition coefficient (Wildman–Crippen LogP) is 3.75. The Labute approximate surface area is 105 Å². The molecular weight excluding hydrogens is 206 g/mol. The molecule has 1 aromatic rings. The molecule has 1 saturated carbocycles. The van der Waals surface area contributed by atoms with Gasteiger partial charge in [-0.3, -0.25) is 0 Å². The molecule has 1 unspecified atom stereocenters. The molecular formula is C16H25N. The Morgan fingerprint density at radius 1 is 1.18 bits per heavy atom. The molecule has 0 aliphatic heterocycles. The van der Waals surface area contributed by atoms with Gasteiger partial charge in [0.25, 0.3) is 0 Å². The zero-order chi connectivity index (χ0) is 12.3. The molecule has 0 saturated heterocycles. The summed E-state index contributed by atoms with van der Waals surface area (Å²) in [6.07, 6.45) is 7.91. The predicted molar refractivity (Wildman–Crippen MR) is 74.2 cm³/mol. The molecule has 1 aliphatic rings. The molecule has 1 aliphatic carbocycles. The van der Waals surface area contributed by atoms with E-state index < -0.39 is 0 Å². The second-order valence-electron chi connectivity index (χ2n) is 5.72. The maximum Gasteiger partial charge on any atom is 0.00821 e. The third kappa shape index (κ3) is 3.32. The highest BCUT2D eigenvalue weighted by Crippen LogP contribution is 2.29. The quantitative estimate of drug-likeness (QED) is 0.839. The van der Waals surface area contributed by atoms with Crippen molar-refractivity contribution in [1.82, 2.24) is 0 Å². The highest BCUT2D eigenvalue weighted by atomic mass is 14.6. The first-order chi connectivity index (χ1) is 8.16. The molecule has 0 radical (unpaired) electrons. The normalized spacial score (nSPS) is 18.5. The Balaban J connectivity index is 1.95. The monoisotopic (exact) mass is 231 g/mol. The first-order valence-electron chi connectivity index (χ1n) is 6.97. The van der Waals surface area contributed by atoms with Gasteiger partial charge in [0.05, 0.1) is 0 Å². The largest absolute Gasteiger partial charge is 0.327 e. The summed E-state index contributed by atoms with van der Waals surface area (Å²) >= 11 is 0. The third-order valence-electron chi connectivity index (χ3n) is 4.22. The van der Waals surface area contributed by atoms with Crippen LogP contribution in [0.3, 0.4) is 0 Å². The van der Waals surface area contributed by atoms with E-state index in [0.717, 1.165) is 12.3 Å². The van der Waals surface area contributed by atoms with Crippen LogP contribution in [0.15, 0.2) is 18.2 Å². The second-order valence-corrected chi connectivity index (χ2v) is 5.72. The summed E-state index contributed by atoms with van der Waals surface area (Å²) in [4.78, 5) is 0. The van der Waals surface area contributed by atoms with Crippen molar-refractivity contribution < 1.29 is 0 Å². The van der Waals surface area contributed by atoms with E-state index in [9.17, 15) is 0 Å². The zero-order valence-electron chi connectivity index (χ0n) is 11.2. The van der Waals surface area contributed by atoms with Crippen LogP contribution in [0.5, 0.6) is 0 Å². The molecule has 17 heavy (non-hydrogen) atoms. The van der Waals surface area contributed by atoms with Crippen LogP contribution < -0.4 is 5.73 Å². The van der Waals surface area contributed by atoms with Crippen molar-refractivity contribution in [3.05, 3.63) is 34.9 Å². The lowest BCUT2D eigenvalue weighted by molar-refractivity contribution is 0.440. The number of aryl methyl sites for hydroxylation is 2. The van der Waals surface area contributed by atoms with E-state index in [2.05, 4.69) is 32.0 Å². The van der Waals surface area contributed by atoms with Crippen LogP contribution in [0.4, 0.5) is 0 Å². The molecule has 0 spiro atoms. The molecule has 1 heteroatoms. The van der Waals surface area contributed by atoms with Crippen molar-refractivity contribution in [3.63, 3.8) is 0 Å². The third-order valence-corrected chi connectivity index (χ3v) is 4.22. The zero-order valence-corrected chi connectivity index (χ0v) is 11.2. The second kappa shape index (κ2) is 5.68. The van der Waals surface area contributed by atoms with Gasteiger partial charge in [0.1, 0.15) is 0 Å². The average Bonchev–Trinajstić information content (AvgIpc) is 2.76. The van der Waals surface area contributed by atoms with Gasteiger partial charge in [0.15, 0.2) is 0 Å². The molecule has 1 aromatic carbocycles. The SMILES string of the molecule is Cc1cccc(C)c1CC(N)CC1CCCC1. The number of benzene rings is 1. The molecule has 0 bridgehead atoms. The average molecular weight is 231 g/mol.